The van der Waals surface area contributed by atoms with Gasteiger partial charge in [0.2, 0.25) is 5.95 Å². The molecular formula is C25H30N8O2. The second-order valence-electron chi connectivity index (χ2n) is 9.93. The monoisotopic (exact) mass is 474 g/mol. The fourth-order valence-electron chi connectivity index (χ4n) is 3.70. The van der Waals surface area contributed by atoms with E-state index >= 15 is 0 Å². The Morgan fingerprint density at radius 3 is 2.20 bits per heavy atom. The number of anilines is 1. The van der Waals surface area contributed by atoms with E-state index in [-0.39, 0.29) is 23.9 Å². The number of aliphatic hydroxyl groups excluding tert-OH is 1. The van der Waals surface area contributed by atoms with Crippen LogP contribution in [0.3, 0.4) is 0 Å². The molecule has 3 N–H and O–H groups in total. The van der Waals surface area contributed by atoms with Crippen molar-refractivity contribution >= 4 is 5.95 Å². The van der Waals surface area contributed by atoms with Crippen molar-refractivity contribution in [3.8, 4) is 22.8 Å². The first-order valence-corrected chi connectivity index (χ1v) is 11.4. The molecule has 10 nitrogen and oxygen atoms in total. The number of hydrogen-bond acceptors (Lipinski definition) is 10. The highest BCUT2D eigenvalue weighted by Crippen LogP contribution is 2.38. The lowest BCUT2D eigenvalue weighted by Crippen LogP contribution is -2.31. The van der Waals surface area contributed by atoms with Gasteiger partial charge in [-0.2, -0.15) is 4.98 Å². The smallest absolute Gasteiger partial charge is 0.278 e. The highest BCUT2D eigenvalue weighted by molar-refractivity contribution is 5.57. The fraction of sp³-hybridized carbons (Fsp3) is 0.400. The quantitative estimate of drug-likeness (QED) is 0.388. The number of nitrogens with zero attached hydrogens (tertiary/aromatic N) is 7. The van der Waals surface area contributed by atoms with Gasteiger partial charge < -0.3 is 15.4 Å². The Bertz CT molecular complexity index is 1270. The van der Waals surface area contributed by atoms with Gasteiger partial charge in [-0.1, -0.05) is 38.9 Å². The lowest BCUT2D eigenvalue weighted by Gasteiger charge is -2.30. The Morgan fingerprint density at radius 2 is 1.63 bits per heavy atom. The molecule has 0 fully saturated rings. The normalized spacial score (nSPS) is 13.7. The third kappa shape index (κ3) is 5.02. The van der Waals surface area contributed by atoms with E-state index in [1.54, 1.807) is 24.8 Å². The van der Waals surface area contributed by atoms with Crippen LogP contribution in [0.1, 0.15) is 51.7 Å². The van der Waals surface area contributed by atoms with Gasteiger partial charge in [0.05, 0.1) is 23.0 Å². The standard InChI is InChI=1S/C25H30N8O2/c1-15(2)25(5,17-6-7-19(28-11-17)16-9-30-23(26)31-10-16)22-32-21(35-33-22)20-13-27-18(12-29-20)8-24(3,4)14-34/h6-7,9-13,15,34H,8,14H2,1-5H3,(H2,26,30,31)/t25-/m0/s1. The van der Waals surface area contributed by atoms with Crippen molar-refractivity contribution in [1.29, 1.82) is 0 Å². The van der Waals surface area contributed by atoms with Crippen LogP contribution in [0.2, 0.25) is 0 Å². The van der Waals surface area contributed by atoms with Crippen molar-refractivity contribution < 1.29 is 9.63 Å². The van der Waals surface area contributed by atoms with Gasteiger partial charge in [0, 0.05) is 37.0 Å². The van der Waals surface area contributed by atoms with Gasteiger partial charge in [-0.05, 0) is 36.3 Å². The average Bonchev–Trinajstić information content (AvgIpc) is 3.35. The van der Waals surface area contributed by atoms with Crippen molar-refractivity contribution in [2.45, 2.75) is 46.5 Å². The molecule has 0 aliphatic heterocycles. The first-order chi connectivity index (χ1) is 16.6. The van der Waals surface area contributed by atoms with Crippen molar-refractivity contribution in [3.05, 3.63) is 60.2 Å². The Morgan fingerprint density at radius 1 is 0.914 bits per heavy atom. The number of aromatic nitrogens is 7. The lowest BCUT2D eigenvalue weighted by atomic mass is 9.73. The van der Waals surface area contributed by atoms with Crippen LogP contribution >= 0.6 is 0 Å². The molecule has 4 aromatic heterocycles. The molecule has 0 saturated heterocycles. The fourth-order valence-corrected chi connectivity index (χ4v) is 3.70. The number of nitrogens with two attached hydrogens (primary N) is 1. The molecule has 0 amide bonds. The van der Waals surface area contributed by atoms with Crippen LogP contribution in [0.5, 0.6) is 0 Å². The van der Waals surface area contributed by atoms with Gasteiger partial charge in [-0.25, -0.2) is 15.0 Å². The molecular weight excluding hydrogens is 444 g/mol. The summed E-state index contributed by atoms with van der Waals surface area (Å²) in [4.78, 5) is 26.3. The number of pyridine rings is 1. The van der Waals surface area contributed by atoms with Gasteiger partial charge in [0.25, 0.3) is 5.89 Å². The summed E-state index contributed by atoms with van der Waals surface area (Å²) in [6, 6.07) is 3.93. The third-order valence-corrected chi connectivity index (χ3v) is 6.39. The van der Waals surface area contributed by atoms with E-state index in [4.69, 9.17) is 10.3 Å². The summed E-state index contributed by atoms with van der Waals surface area (Å²) in [5, 5.41) is 13.8. The van der Waals surface area contributed by atoms with Crippen molar-refractivity contribution in [1.82, 2.24) is 35.1 Å². The topological polar surface area (TPSA) is 150 Å². The second-order valence-corrected chi connectivity index (χ2v) is 9.93. The minimum Gasteiger partial charge on any atom is -0.396 e. The molecule has 0 radical (unpaired) electrons. The zero-order valence-electron chi connectivity index (χ0n) is 20.6. The summed E-state index contributed by atoms with van der Waals surface area (Å²) >= 11 is 0. The van der Waals surface area contributed by atoms with Crippen LogP contribution in [-0.4, -0.2) is 46.8 Å². The molecule has 0 spiro atoms. The molecule has 10 heteroatoms. The Labute approximate surface area is 204 Å². The minimum atomic E-state index is -0.552. The molecule has 0 aliphatic carbocycles. The van der Waals surface area contributed by atoms with Gasteiger partial charge in [0.15, 0.2) is 5.82 Å². The number of hydrogen-bond donors (Lipinski definition) is 2. The van der Waals surface area contributed by atoms with Crippen LogP contribution < -0.4 is 5.73 Å². The summed E-state index contributed by atoms with van der Waals surface area (Å²) in [6.45, 7) is 10.3. The molecule has 4 aromatic rings. The maximum Gasteiger partial charge on any atom is 0.278 e. The zero-order chi connectivity index (χ0) is 25.2. The Hall–Kier alpha value is -3.79. The van der Waals surface area contributed by atoms with Gasteiger partial charge >= 0.3 is 0 Å². The number of rotatable bonds is 8. The summed E-state index contributed by atoms with van der Waals surface area (Å²) < 4.78 is 5.58. The van der Waals surface area contributed by atoms with Crippen LogP contribution in [-0.2, 0) is 11.8 Å². The second kappa shape index (κ2) is 9.46. The molecule has 0 bridgehead atoms. The SMILES string of the molecule is CC(C)[C@@](C)(c1ccc(-c2cnc(N)nc2)nc1)c1noc(-c2cnc(CC(C)(C)CO)cn2)n1. The summed E-state index contributed by atoms with van der Waals surface area (Å²) in [7, 11) is 0. The molecule has 4 rings (SSSR count). The maximum absolute atomic E-state index is 9.49. The molecule has 35 heavy (non-hydrogen) atoms. The van der Waals surface area contributed by atoms with E-state index < -0.39 is 5.41 Å². The van der Waals surface area contributed by atoms with E-state index in [1.807, 2.05) is 32.2 Å². The van der Waals surface area contributed by atoms with E-state index in [1.165, 1.54) is 0 Å². The first kappa shape index (κ1) is 24.3. The number of nitrogen functional groups attached to an aromatic ring is 1. The highest BCUT2D eigenvalue weighted by Gasteiger charge is 2.38. The molecule has 1 atom stereocenters. The lowest BCUT2D eigenvalue weighted by molar-refractivity contribution is 0.158. The third-order valence-electron chi connectivity index (χ3n) is 6.39. The number of aliphatic hydroxyl groups is 1. The van der Waals surface area contributed by atoms with Gasteiger partial charge in [-0.3, -0.25) is 9.97 Å². The largest absolute Gasteiger partial charge is 0.396 e. The van der Waals surface area contributed by atoms with Crippen molar-refractivity contribution in [2.75, 3.05) is 12.3 Å². The van der Waals surface area contributed by atoms with Crippen LogP contribution in [0.25, 0.3) is 22.8 Å². The van der Waals surface area contributed by atoms with E-state index in [0.29, 0.717) is 23.8 Å². The first-order valence-electron chi connectivity index (χ1n) is 11.4. The maximum atomic E-state index is 9.49. The van der Waals surface area contributed by atoms with Crippen LogP contribution in [0, 0.1) is 11.3 Å². The molecule has 0 saturated carbocycles. The molecule has 0 aromatic carbocycles. The predicted molar refractivity (Wildman–Crippen MR) is 131 cm³/mol. The Balaban J connectivity index is 1.60. The predicted octanol–water partition coefficient (Wildman–Crippen LogP) is 3.48. The molecule has 0 unspecified atom stereocenters. The van der Waals surface area contributed by atoms with Crippen molar-refractivity contribution in [3.63, 3.8) is 0 Å². The summed E-state index contributed by atoms with van der Waals surface area (Å²) in [6.07, 6.45) is 9.03. The summed E-state index contributed by atoms with van der Waals surface area (Å²) in [5.74, 6) is 1.21. The van der Waals surface area contributed by atoms with Crippen LogP contribution in [0.15, 0.2) is 47.6 Å². The molecule has 0 aliphatic rings. The van der Waals surface area contributed by atoms with E-state index in [2.05, 4.69) is 55.8 Å². The molecule has 4 heterocycles. The van der Waals surface area contributed by atoms with Gasteiger partial charge in [-0.15, -0.1) is 0 Å². The van der Waals surface area contributed by atoms with Crippen molar-refractivity contribution in [2.24, 2.45) is 11.3 Å². The molecule has 182 valence electrons. The Kier molecular flexibility index (Phi) is 6.58. The van der Waals surface area contributed by atoms with Gasteiger partial charge in [0.1, 0.15) is 5.69 Å². The average molecular weight is 475 g/mol. The highest BCUT2D eigenvalue weighted by atomic mass is 16.5. The van der Waals surface area contributed by atoms with Crippen LogP contribution in [0.4, 0.5) is 5.95 Å². The zero-order valence-corrected chi connectivity index (χ0v) is 20.6. The summed E-state index contributed by atoms with van der Waals surface area (Å²) in [5.41, 5.74) is 8.53. The van der Waals surface area contributed by atoms with E-state index in [9.17, 15) is 5.11 Å². The minimum absolute atomic E-state index is 0.0703. The van der Waals surface area contributed by atoms with E-state index in [0.717, 1.165) is 22.5 Å².